The van der Waals surface area contributed by atoms with E-state index in [-0.39, 0.29) is 0 Å². The van der Waals surface area contributed by atoms with Crippen molar-refractivity contribution >= 4 is 44.1 Å². The maximum Gasteiger partial charge on any atom is 0.137 e. The molecule has 0 aliphatic carbocycles. The van der Waals surface area contributed by atoms with Crippen molar-refractivity contribution in [3.63, 3.8) is 0 Å². The minimum absolute atomic E-state index is 0.626. The number of ether oxygens (including phenoxy) is 1. The van der Waals surface area contributed by atoms with E-state index in [1.165, 1.54) is 11.3 Å². The summed E-state index contributed by atoms with van der Waals surface area (Å²) in [6.07, 6.45) is 0.973. The predicted octanol–water partition coefficient (Wildman–Crippen LogP) is 5.26. The molecule has 1 aliphatic rings. The molecule has 0 bridgehead atoms. The van der Waals surface area contributed by atoms with Gasteiger partial charge in [-0.15, -0.1) is 0 Å². The second kappa shape index (κ2) is 7.66. The van der Waals surface area contributed by atoms with Crippen LogP contribution in [0.4, 0.5) is 5.69 Å². The number of methoxy groups -OCH3 is 1. The maximum absolute atomic E-state index is 6.29. The number of likely N-dealkylation sites (N-methyl/N-ethyl adjacent to an activating group) is 1. The lowest BCUT2D eigenvalue weighted by molar-refractivity contribution is 0.311. The fraction of sp³-hybridized carbons (Fsp3) is 0.286. The van der Waals surface area contributed by atoms with E-state index >= 15 is 0 Å². The van der Waals surface area contributed by atoms with E-state index in [0.29, 0.717) is 17.3 Å². The Bertz CT molecular complexity index is 1010. The molecule has 0 amide bonds. The quantitative estimate of drug-likeness (QED) is 0.593. The molecule has 0 unspecified atom stereocenters. The first-order valence-electron chi connectivity index (χ1n) is 8.91. The molecule has 0 saturated heterocycles. The van der Waals surface area contributed by atoms with Gasteiger partial charge in [0.05, 0.1) is 23.3 Å². The van der Waals surface area contributed by atoms with Gasteiger partial charge in [0.15, 0.2) is 0 Å². The summed E-state index contributed by atoms with van der Waals surface area (Å²) in [5, 5.41) is 5.42. The van der Waals surface area contributed by atoms with Crippen LogP contribution in [0.1, 0.15) is 16.8 Å². The van der Waals surface area contributed by atoms with Gasteiger partial charge in [-0.2, -0.15) is 0 Å². The van der Waals surface area contributed by atoms with Crippen LogP contribution < -0.4 is 10.1 Å². The summed E-state index contributed by atoms with van der Waals surface area (Å²) in [7, 11) is 3.78. The Kier molecular flexibility index (Phi) is 5.26. The molecule has 2 heterocycles. The van der Waals surface area contributed by atoms with Crippen LogP contribution >= 0.6 is 27.5 Å². The van der Waals surface area contributed by atoms with Gasteiger partial charge in [0.25, 0.3) is 0 Å². The van der Waals surface area contributed by atoms with E-state index in [2.05, 4.69) is 45.3 Å². The van der Waals surface area contributed by atoms with Crippen LogP contribution in [0, 0.1) is 0 Å². The molecule has 27 heavy (non-hydrogen) atoms. The van der Waals surface area contributed by atoms with Crippen molar-refractivity contribution in [2.45, 2.75) is 19.5 Å². The molecule has 0 atom stereocenters. The minimum atomic E-state index is 0.626. The van der Waals surface area contributed by atoms with Crippen molar-refractivity contribution in [3.8, 4) is 5.75 Å². The summed E-state index contributed by atoms with van der Waals surface area (Å²) >= 11 is 9.88. The highest BCUT2D eigenvalue weighted by Gasteiger charge is 2.21. The molecule has 4 rings (SSSR count). The van der Waals surface area contributed by atoms with Crippen molar-refractivity contribution < 1.29 is 4.74 Å². The number of nitrogens with one attached hydrogen (secondary N) is 1. The Morgan fingerprint density at radius 2 is 2.11 bits per heavy atom. The molecule has 140 valence electrons. The Morgan fingerprint density at radius 3 is 2.89 bits per heavy atom. The molecule has 4 nitrogen and oxygen atoms in total. The summed E-state index contributed by atoms with van der Waals surface area (Å²) in [6, 6.07) is 12.2. The second-order valence-electron chi connectivity index (χ2n) is 6.88. The first-order valence-corrected chi connectivity index (χ1v) is 10.1. The number of hydrogen-bond acceptors (Lipinski definition) is 4. The molecule has 2 aromatic carbocycles. The zero-order valence-corrected chi connectivity index (χ0v) is 17.7. The van der Waals surface area contributed by atoms with Crippen molar-refractivity contribution in [2.24, 2.45) is 0 Å². The van der Waals surface area contributed by atoms with Crippen LogP contribution in [0.5, 0.6) is 5.75 Å². The molecule has 0 fully saturated rings. The minimum Gasteiger partial charge on any atom is -0.495 e. The average Bonchev–Trinajstić information content (AvgIpc) is 2.66. The third-order valence-corrected chi connectivity index (χ3v) is 5.77. The third-order valence-electron chi connectivity index (χ3n) is 4.98. The lowest BCUT2D eigenvalue weighted by atomic mass is 10.00. The number of benzene rings is 2. The van der Waals surface area contributed by atoms with E-state index in [4.69, 9.17) is 21.3 Å². The summed E-state index contributed by atoms with van der Waals surface area (Å²) in [4.78, 5) is 7.26. The Balaban J connectivity index is 1.74. The number of anilines is 1. The summed E-state index contributed by atoms with van der Waals surface area (Å²) in [5.41, 5.74) is 5.78. The number of pyridine rings is 1. The van der Waals surface area contributed by atoms with E-state index in [0.717, 1.165) is 46.1 Å². The Morgan fingerprint density at radius 1 is 1.26 bits per heavy atom. The van der Waals surface area contributed by atoms with Crippen LogP contribution in [-0.4, -0.2) is 30.6 Å². The zero-order valence-electron chi connectivity index (χ0n) is 15.4. The monoisotopic (exact) mass is 445 g/mol. The normalized spacial score (nSPS) is 14.2. The fourth-order valence-electron chi connectivity index (χ4n) is 3.56. The summed E-state index contributed by atoms with van der Waals surface area (Å²) in [5.74, 6) is 0.692. The Labute approximate surface area is 172 Å². The molecular formula is C21H21BrClN3O. The lowest BCUT2D eigenvalue weighted by Gasteiger charge is -2.27. The first-order chi connectivity index (χ1) is 13.0. The highest BCUT2D eigenvalue weighted by Crippen LogP contribution is 2.34. The summed E-state index contributed by atoms with van der Waals surface area (Å²) in [6.45, 7) is 2.62. The van der Waals surface area contributed by atoms with E-state index in [1.54, 1.807) is 7.11 Å². The highest BCUT2D eigenvalue weighted by atomic mass is 79.9. The number of hydrogen-bond donors (Lipinski definition) is 1. The van der Waals surface area contributed by atoms with Gasteiger partial charge in [-0.25, -0.2) is 0 Å². The number of halogens is 2. The molecule has 6 heteroatoms. The van der Waals surface area contributed by atoms with Crippen LogP contribution in [-0.2, 0) is 19.5 Å². The third kappa shape index (κ3) is 3.77. The first kappa shape index (κ1) is 18.5. The predicted molar refractivity (Wildman–Crippen MR) is 115 cm³/mol. The second-order valence-corrected chi connectivity index (χ2v) is 8.21. The van der Waals surface area contributed by atoms with Crippen LogP contribution in [0.3, 0.4) is 0 Å². The fourth-order valence-corrected chi connectivity index (χ4v) is 4.20. The van der Waals surface area contributed by atoms with Crippen LogP contribution in [0.2, 0.25) is 5.02 Å². The van der Waals surface area contributed by atoms with Gasteiger partial charge in [-0.3, -0.25) is 4.98 Å². The highest BCUT2D eigenvalue weighted by molar-refractivity contribution is 9.10. The van der Waals surface area contributed by atoms with E-state index in [1.807, 2.05) is 24.3 Å². The largest absolute Gasteiger partial charge is 0.495 e. The maximum atomic E-state index is 6.29. The SMILES string of the molecule is COc1ccc(CNc2c3c(nc4ccc(Br)cc24)CCN(C)C3)cc1Cl. The lowest BCUT2D eigenvalue weighted by Crippen LogP contribution is -2.28. The van der Waals surface area contributed by atoms with Crippen LogP contribution in [0.25, 0.3) is 10.9 Å². The van der Waals surface area contributed by atoms with Gasteiger partial charge < -0.3 is 15.0 Å². The van der Waals surface area contributed by atoms with Gasteiger partial charge in [0.1, 0.15) is 5.75 Å². The van der Waals surface area contributed by atoms with Gasteiger partial charge in [-0.1, -0.05) is 33.6 Å². The van der Waals surface area contributed by atoms with E-state index < -0.39 is 0 Å². The van der Waals surface area contributed by atoms with Crippen molar-refractivity contribution in [3.05, 3.63) is 62.7 Å². The summed E-state index contributed by atoms with van der Waals surface area (Å²) < 4.78 is 6.30. The van der Waals surface area contributed by atoms with Gasteiger partial charge >= 0.3 is 0 Å². The molecule has 1 aliphatic heterocycles. The molecule has 0 spiro atoms. The molecule has 3 aromatic rings. The molecule has 1 aromatic heterocycles. The van der Waals surface area contributed by atoms with Crippen LogP contribution in [0.15, 0.2) is 40.9 Å². The molecule has 0 saturated carbocycles. The smallest absolute Gasteiger partial charge is 0.137 e. The zero-order chi connectivity index (χ0) is 19.0. The molecule has 1 N–H and O–H groups in total. The Hall–Kier alpha value is -1.82. The van der Waals surface area contributed by atoms with Gasteiger partial charge in [0, 0.05) is 47.2 Å². The standard InChI is InChI=1S/C21H21BrClN3O/c1-26-8-7-19-16(12-26)21(15-10-14(22)4-5-18(15)25-19)24-11-13-3-6-20(27-2)17(23)9-13/h3-6,9-10H,7-8,11-12H2,1-2H3,(H,24,25). The number of aromatic nitrogens is 1. The van der Waals surface area contributed by atoms with Crippen molar-refractivity contribution in [1.82, 2.24) is 9.88 Å². The molecule has 0 radical (unpaired) electrons. The topological polar surface area (TPSA) is 37.4 Å². The number of nitrogens with zero attached hydrogens (tertiary/aromatic N) is 2. The molecular weight excluding hydrogens is 426 g/mol. The van der Waals surface area contributed by atoms with Gasteiger partial charge in [0.2, 0.25) is 0 Å². The number of fused-ring (bicyclic) bond motifs is 2. The van der Waals surface area contributed by atoms with Gasteiger partial charge in [-0.05, 0) is 42.9 Å². The van der Waals surface area contributed by atoms with Crippen molar-refractivity contribution in [1.29, 1.82) is 0 Å². The van der Waals surface area contributed by atoms with E-state index in [9.17, 15) is 0 Å². The number of rotatable bonds is 4. The average molecular weight is 447 g/mol. The van der Waals surface area contributed by atoms with Crippen molar-refractivity contribution in [2.75, 3.05) is 26.0 Å².